The van der Waals surface area contributed by atoms with Gasteiger partial charge in [0, 0.05) is 61.4 Å². The fourth-order valence-corrected chi connectivity index (χ4v) is 6.77. The van der Waals surface area contributed by atoms with Gasteiger partial charge >= 0.3 is 0 Å². The van der Waals surface area contributed by atoms with Crippen molar-refractivity contribution in [2.24, 2.45) is 0 Å². The van der Waals surface area contributed by atoms with Crippen LogP contribution in [0.5, 0.6) is 0 Å². The van der Waals surface area contributed by atoms with E-state index in [1.54, 1.807) is 0 Å². The molecule has 6 rings (SSSR count). The van der Waals surface area contributed by atoms with Crippen LogP contribution in [0, 0.1) is 0 Å². The molecule has 3 aromatic heterocycles. The average molecular weight is 539 g/mol. The van der Waals surface area contributed by atoms with Crippen LogP contribution in [0.1, 0.15) is 68.4 Å². The van der Waals surface area contributed by atoms with Gasteiger partial charge in [0.15, 0.2) is 0 Å². The lowest BCUT2D eigenvalue weighted by Crippen LogP contribution is -2.48. The molecule has 1 atom stereocenters. The maximum absolute atomic E-state index is 12.4. The van der Waals surface area contributed by atoms with Gasteiger partial charge in [-0.15, -0.1) is 0 Å². The molecule has 2 aliphatic rings. The van der Waals surface area contributed by atoms with Crippen molar-refractivity contribution in [1.82, 2.24) is 29.7 Å². The van der Waals surface area contributed by atoms with Gasteiger partial charge in [-0.1, -0.05) is 44.0 Å². The van der Waals surface area contributed by atoms with Gasteiger partial charge in [-0.3, -0.25) is 19.7 Å². The van der Waals surface area contributed by atoms with Gasteiger partial charge < -0.3 is 14.8 Å². The first kappa shape index (κ1) is 26.9. The van der Waals surface area contributed by atoms with Gasteiger partial charge in [0.05, 0.1) is 29.5 Å². The van der Waals surface area contributed by atoms with Crippen LogP contribution in [0.3, 0.4) is 0 Å². The van der Waals surface area contributed by atoms with Gasteiger partial charge in [-0.05, 0) is 62.4 Å². The molecule has 0 saturated carbocycles. The summed E-state index contributed by atoms with van der Waals surface area (Å²) in [5, 5.41) is 5.73. The van der Waals surface area contributed by atoms with Gasteiger partial charge in [-0.2, -0.15) is 0 Å². The monoisotopic (exact) mass is 538 g/mol. The molecule has 7 nitrogen and oxygen atoms in total. The first-order chi connectivity index (χ1) is 19.7. The number of nitrogens with one attached hydrogen (secondary N) is 1. The smallest absolute Gasteiger partial charge is 0.236 e. The number of amides is 1. The molecule has 1 N–H and O–H groups in total. The van der Waals surface area contributed by atoms with E-state index in [-0.39, 0.29) is 5.91 Å². The van der Waals surface area contributed by atoms with Crippen molar-refractivity contribution in [3.05, 3.63) is 71.8 Å². The molecule has 4 aromatic rings. The van der Waals surface area contributed by atoms with Gasteiger partial charge in [0.2, 0.25) is 5.91 Å². The largest absolute Gasteiger partial charge is 0.340 e. The molecular weight excluding hydrogens is 496 g/mol. The molecular formula is C33H42N6O. The summed E-state index contributed by atoms with van der Waals surface area (Å²) in [5.74, 6) is 0.208. The van der Waals surface area contributed by atoms with Crippen molar-refractivity contribution in [2.45, 2.75) is 71.0 Å². The number of hydrogen-bond acceptors (Lipinski definition) is 5. The maximum atomic E-state index is 12.4. The Kier molecular flexibility index (Phi) is 8.40. The fourth-order valence-electron chi connectivity index (χ4n) is 6.77. The molecule has 1 aliphatic carbocycles. The minimum atomic E-state index is 0.208. The molecule has 0 unspecified atom stereocenters. The minimum absolute atomic E-state index is 0.208. The number of nitrogens with zero attached hydrogens (tertiary/aromatic N) is 5. The summed E-state index contributed by atoms with van der Waals surface area (Å²) >= 11 is 0. The molecule has 1 aromatic carbocycles. The van der Waals surface area contributed by atoms with Crippen LogP contribution >= 0.6 is 0 Å². The van der Waals surface area contributed by atoms with E-state index < -0.39 is 0 Å². The van der Waals surface area contributed by atoms with Crippen molar-refractivity contribution in [1.29, 1.82) is 0 Å². The number of carbonyl (C=O) groups is 1. The predicted octanol–water partition coefficient (Wildman–Crippen LogP) is 5.48. The molecule has 0 radical (unpaired) electrons. The summed E-state index contributed by atoms with van der Waals surface area (Å²) < 4.78 is 2.47. The molecule has 40 heavy (non-hydrogen) atoms. The second kappa shape index (κ2) is 12.5. The zero-order valence-electron chi connectivity index (χ0n) is 23.8. The molecule has 0 bridgehead atoms. The van der Waals surface area contributed by atoms with Crippen LogP contribution < -0.4 is 5.32 Å². The van der Waals surface area contributed by atoms with Crippen LogP contribution in [0.25, 0.3) is 21.8 Å². The van der Waals surface area contributed by atoms with Crippen molar-refractivity contribution in [2.75, 3.05) is 32.7 Å². The number of aryl methyl sites for hydroxylation is 2. The highest BCUT2D eigenvalue weighted by Crippen LogP contribution is 2.36. The number of aromatic nitrogens is 3. The third kappa shape index (κ3) is 5.50. The Labute approximate surface area is 237 Å². The number of fused-ring (bicyclic) bond motifs is 4. The first-order valence-electron chi connectivity index (χ1n) is 15.3. The van der Waals surface area contributed by atoms with Gasteiger partial charge in [0.1, 0.15) is 0 Å². The van der Waals surface area contributed by atoms with E-state index in [2.05, 4.69) is 64.2 Å². The van der Waals surface area contributed by atoms with Crippen LogP contribution in [0.2, 0.25) is 0 Å². The third-order valence-corrected chi connectivity index (χ3v) is 8.76. The summed E-state index contributed by atoms with van der Waals surface area (Å²) in [7, 11) is 0. The summed E-state index contributed by atoms with van der Waals surface area (Å²) in [6.45, 7) is 7.92. The van der Waals surface area contributed by atoms with E-state index in [1.165, 1.54) is 58.7 Å². The number of para-hydroxylation sites is 1. The number of pyridine rings is 2. The molecule has 210 valence electrons. The summed E-state index contributed by atoms with van der Waals surface area (Å²) in [4.78, 5) is 27.0. The lowest BCUT2D eigenvalue weighted by molar-refractivity contribution is -0.131. The van der Waals surface area contributed by atoms with E-state index >= 15 is 0 Å². The average Bonchev–Trinajstić information content (AvgIpc) is 3.32. The fraction of sp³-hybridized carbons (Fsp3) is 0.485. The second-order valence-electron chi connectivity index (χ2n) is 11.4. The molecule has 1 aliphatic heterocycles. The number of hydrogen-bond donors (Lipinski definition) is 1. The van der Waals surface area contributed by atoms with E-state index in [1.807, 2.05) is 17.3 Å². The van der Waals surface area contributed by atoms with Gasteiger partial charge in [-0.25, -0.2) is 0 Å². The van der Waals surface area contributed by atoms with E-state index in [0.29, 0.717) is 12.6 Å². The number of piperazine rings is 1. The summed E-state index contributed by atoms with van der Waals surface area (Å²) in [5.41, 5.74) is 6.31. The first-order valence-corrected chi connectivity index (χ1v) is 15.3. The molecule has 7 heteroatoms. The quantitative estimate of drug-likeness (QED) is 0.256. The number of benzene rings is 1. The van der Waals surface area contributed by atoms with Crippen LogP contribution in [-0.4, -0.2) is 63.0 Å². The predicted molar refractivity (Wildman–Crippen MR) is 161 cm³/mol. The SMILES string of the molecule is CCCCCN(Cc1nccc2c3ccccc3n(CCCN3CCNCC3=O)c12)[C@H]1CCCc2cccnc21. The van der Waals surface area contributed by atoms with Crippen molar-refractivity contribution in [3.63, 3.8) is 0 Å². The standard InChI is InChI=1S/C33H42N6O/c1-2-3-6-19-38(30-14-7-10-25-11-8-16-36-32(25)30)24-28-33-27(15-17-35-28)26-12-4-5-13-29(26)39(33)21-9-20-37-22-18-34-23-31(37)40/h4-5,8,11-13,15-17,30,34H,2-3,6-7,9-10,14,18-24H2,1H3/t30-/m0/s1. The summed E-state index contributed by atoms with van der Waals surface area (Å²) in [6.07, 6.45) is 12.0. The molecule has 0 spiro atoms. The Balaban J connectivity index is 1.34. The number of carbonyl (C=O) groups excluding carboxylic acids is 1. The van der Waals surface area contributed by atoms with Crippen LogP contribution in [0.4, 0.5) is 0 Å². The molecule has 1 fully saturated rings. The molecule has 4 heterocycles. The normalized spacial score (nSPS) is 17.7. The van der Waals surface area contributed by atoms with E-state index in [4.69, 9.17) is 9.97 Å². The Hall–Kier alpha value is -3.29. The highest BCUT2D eigenvalue weighted by atomic mass is 16.2. The minimum Gasteiger partial charge on any atom is -0.340 e. The van der Waals surface area contributed by atoms with Crippen molar-refractivity contribution < 1.29 is 4.79 Å². The molecule has 1 amide bonds. The van der Waals surface area contributed by atoms with Crippen LogP contribution in [0.15, 0.2) is 54.9 Å². The van der Waals surface area contributed by atoms with Gasteiger partial charge in [0.25, 0.3) is 0 Å². The Morgan fingerprint density at radius 1 is 1.00 bits per heavy atom. The Morgan fingerprint density at radius 2 is 1.93 bits per heavy atom. The van der Waals surface area contributed by atoms with Crippen LogP contribution in [-0.2, 0) is 24.3 Å². The number of rotatable bonds is 11. The maximum Gasteiger partial charge on any atom is 0.236 e. The van der Waals surface area contributed by atoms with Crippen molar-refractivity contribution in [3.8, 4) is 0 Å². The lowest BCUT2D eigenvalue weighted by Gasteiger charge is -2.35. The number of unbranched alkanes of at least 4 members (excludes halogenated alkanes) is 2. The zero-order chi connectivity index (χ0) is 27.3. The van der Waals surface area contributed by atoms with E-state index in [0.717, 1.165) is 64.2 Å². The Bertz CT molecular complexity index is 1460. The second-order valence-corrected chi connectivity index (χ2v) is 11.4. The lowest BCUT2D eigenvalue weighted by atomic mass is 9.90. The Morgan fingerprint density at radius 3 is 2.83 bits per heavy atom. The topological polar surface area (TPSA) is 66.3 Å². The van der Waals surface area contributed by atoms with E-state index in [9.17, 15) is 4.79 Å². The van der Waals surface area contributed by atoms with Crippen molar-refractivity contribution >= 4 is 27.7 Å². The highest BCUT2D eigenvalue weighted by molar-refractivity contribution is 6.08. The summed E-state index contributed by atoms with van der Waals surface area (Å²) in [6, 6.07) is 15.6. The zero-order valence-corrected chi connectivity index (χ0v) is 23.8. The molecule has 1 saturated heterocycles. The highest BCUT2D eigenvalue weighted by Gasteiger charge is 2.28. The third-order valence-electron chi connectivity index (χ3n) is 8.76.